The topological polar surface area (TPSA) is 69.8 Å². The Balaban J connectivity index is 0.00000242. The normalized spacial score (nSPS) is 22.4. The number of likely N-dealkylation sites (N-methyl/N-ethyl adjacent to an activating group) is 1. The second-order valence-corrected chi connectivity index (χ2v) is 6.82. The monoisotopic (exact) mass is 369 g/mol. The highest BCUT2D eigenvalue weighted by Gasteiger charge is 2.40. The molecule has 1 aliphatic carbocycles. The number of carbonyl (C=O) groups is 1. The smallest absolute Gasteiger partial charge is 0.241 e. The van der Waals surface area contributed by atoms with E-state index in [1.165, 1.54) is 51.4 Å². The third-order valence-electron chi connectivity index (χ3n) is 5.23. The van der Waals surface area contributed by atoms with Crippen LogP contribution in [0.25, 0.3) is 0 Å². The molecule has 2 fully saturated rings. The van der Waals surface area contributed by atoms with Crippen molar-refractivity contribution in [1.29, 1.82) is 0 Å². The predicted molar refractivity (Wildman–Crippen MR) is 98.4 cm³/mol. The Kier molecular flexibility index (Phi) is 10.7. The molecule has 138 valence electrons. The molecule has 1 heterocycles. The van der Waals surface area contributed by atoms with Gasteiger partial charge in [-0.1, -0.05) is 25.7 Å². The van der Waals surface area contributed by atoms with Gasteiger partial charge < -0.3 is 15.7 Å². The van der Waals surface area contributed by atoms with Gasteiger partial charge in [0.05, 0.1) is 6.61 Å². The third kappa shape index (κ3) is 5.75. The lowest BCUT2D eigenvalue weighted by Gasteiger charge is -2.50. The summed E-state index contributed by atoms with van der Waals surface area (Å²) >= 11 is 0. The van der Waals surface area contributed by atoms with Crippen LogP contribution in [-0.4, -0.2) is 65.7 Å². The van der Waals surface area contributed by atoms with Crippen LogP contribution in [0.5, 0.6) is 0 Å². The van der Waals surface area contributed by atoms with Gasteiger partial charge in [0.25, 0.3) is 0 Å². The lowest BCUT2D eigenvalue weighted by Crippen LogP contribution is -2.59. The van der Waals surface area contributed by atoms with Crippen LogP contribution < -0.4 is 5.73 Å². The van der Waals surface area contributed by atoms with Crippen molar-refractivity contribution >= 4 is 30.7 Å². The first-order valence-corrected chi connectivity index (χ1v) is 8.45. The molecule has 0 bridgehead atoms. The van der Waals surface area contributed by atoms with Crippen molar-refractivity contribution < 1.29 is 9.90 Å². The number of likely N-dealkylation sites (tertiary alicyclic amines) is 1. The number of halogens is 2. The van der Waals surface area contributed by atoms with Crippen LogP contribution in [0.15, 0.2) is 0 Å². The van der Waals surface area contributed by atoms with E-state index in [0.717, 1.165) is 19.6 Å². The van der Waals surface area contributed by atoms with Crippen LogP contribution in [0.2, 0.25) is 0 Å². The maximum atomic E-state index is 12.2. The molecule has 0 spiro atoms. The average Bonchev–Trinajstić information content (AvgIpc) is 2.55. The first-order chi connectivity index (χ1) is 10.1. The molecule has 5 nitrogen and oxygen atoms in total. The summed E-state index contributed by atoms with van der Waals surface area (Å²) in [6.07, 6.45) is 10.1. The number of hydrogen-bond acceptors (Lipinski definition) is 4. The van der Waals surface area contributed by atoms with E-state index in [1.807, 2.05) is 7.05 Å². The fourth-order valence-electron chi connectivity index (χ4n) is 4.03. The Morgan fingerprint density at radius 2 is 1.65 bits per heavy atom. The molecule has 1 aliphatic heterocycles. The van der Waals surface area contributed by atoms with Crippen molar-refractivity contribution in [1.82, 2.24) is 9.80 Å². The van der Waals surface area contributed by atoms with Crippen LogP contribution >= 0.6 is 24.8 Å². The highest BCUT2D eigenvalue weighted by atomic mass is 35.5. The maximum Gasteiger partial charge on any atom is 0.241 e. The summed E-state index contributed by atoms with van der Waals surface area (Å²) < 4.78 is 0. The number of nitrogens with zero attached hydrogens (tertiary/aromatic N) is 2. The van der Waals surface area contributed by atoms with Crippen molar-refractivity contribution in [2.45, 2.75) is 62.9 Å². The Morgan fingerprint density at radius 1 is 1.13 bits per heavy atom. The molecule has 0 aromatic carbocycles. The summed E-state index contributed by atoms with van der Waals surface area (Å²) in [7, 11) is 1.83. The molecule has 0 radical (unpaired) electrons. The van der Waals surface area contributed by atoms with Gasteiger partial charge in [-0.2, -0.15) is 0 Å². The van der Waals surface area contributed by atoms with Crippen molar-refractivity contribution in [3.8, 4) is 0 Å². The Bertz CT molecular complexity index is 346. The van der Waals surface area contributed by atoms with Crippen molar-refractivity contribution in [2.75, 3.05) is 33.3 Å². The van der Waals surface area contributed by atoms with Gasteiger partial charge in [-0.3, -0.25) is 9.69 Å². The van der Waals surface area contributed by atoms with Gasteiger partial charge in [0.1, 0.15) is 6.04 Å². The van der Waals surface area contributed by atoms with E-state index in [2.05, 4.69) is 4.90 Å². The number of amides is 1. The summed E-state index contributed by atoms with van der Waals surface area (Å²) in [5, 5.41) is 9.09. The predicted octanol–water partition coefficient (Wildman–Crippen LogP) is 1.80. The number of nitrogens with two attached hydrogens (primary N) is 1. The van der Waals surface area contributed by atoms with Gasteiger partial charge >= 0.3 is 0 Å². The van der Waals surface area contributed by atoms with Crippen molar-refractivity contribution in [3.63, 3.8) is 0 Å². The van der Waals surface area contributed by atoms with Crippen LogP contribution in [-0.2, 0) is 4.79 Å². The molecule has 0 aromatic heterocycles. The summed E-state index contributed by atoms with van der Waals surface area (Å²) in [5.74, 6) is -0.139. The summed E-state index contributed by atoms with van der Waals surface area (Å²) in [6.45, 7) is 2.79. The fraction of sp³-hybridized carbons (Fsp3) is 0.938. The fourth-order valence-corrected chi connectivity index (χ4v) is 4.03. The van der Waals surface area contributed by atoms with Crippen LogP contribution in [0.3, 0.4) is 0 Å². The minimum Gasteiger partial charge on any atom is -0.394 e. The Labute approximate surface area is 152 Å². The zero-order valence-electron chi connectivity index (χ0n) is 14.2. The van der Waals surface area contributed by atoms with E-state index in [-0.39, 0.29) is 42.9 Å². The van der Waals surface area contributed by atoms with E-state index >= 15 is 0 Å². The van der Waals surface area contributed by atoms with Gasteiger partial charge in [-0.15, -0.1) is 24.8 Å². The summed E-state index contributed by atoms with van der Waals surface area (Å²) in [6, 6.07) is -0.781. The van der Waals surface area contributed by atoms with Crippen LogP contribution in [0, 0.1) is 0 Å². The molecular formula is C16H33Cl2N3O2. The SMILES string of the molecule is CN(CC1(N2CCCCC2)CCCCC1)C(=O)[C@@H](N)CO.Cl.Cl. The molecule has 1 atom stereocenters. The van der Waals surface area contributed by atoms with E-state index in [0.29, 0.717) is 0 Å². The molecule has 0 unspecified atom stereocenters. The second-order valence-electron chi connectivity index (χ2n) is 6.82. The minimum absolute atomic E-state index is 0. The van der Waals surface area contributed by atoms with E-state index in [4.69, 9.17) is 10.8 Å². The standard InChI is InChI=1S/C16H31N3O2.2ClH/c1-18(15(21)14(17)12-20)13-16(8-4-2-5-9-16)19-10-6-3-7-11-19;;/h14,20H,2-13,17H2,1H3;2*1H/t14-;;/m0../s1. The van der Waals surface area contributed by atoms with E-state index in [9.17, 15) is 4.79 Å². The second kappa shape index (κ2) is 10.7. The summed E-state index contributed by atoms with van der Waals surface area (Å²) in [4.78, 5) is 16.6. The number of aliphatic hydroxyl groups is 1. The zero-order chi connectivity index (χ0) is 15.3. The van der Waals surface area contributed by atoms with Gasteiger partial charge in [0.2, 0.25) is 5.91 Å². The van der Waals surface area contributed by atoms with E-state index < -0.39 is 6.04 Å². The highest BCUT2D eigenvalue weighted by Crippen LogP contribution is 2.36. The first-order valence-electron chi connectivity index (χ1n) is 8.45. The lowest BCUT2D eigenvalue weighted by atomic mass is 9.78. The maximum absolute atomic E-state index is 12.2. The molecule has 2 rings (SSSR count). The quantitative estimate of drug-likeness (QED) is 0.774. The van der Waals surface area contributed by atoms with E-state index in [1.54, 1.807) is 4.90 Å². The highest BCUT2D eigenvalue weighted by molar-refractivity contribution is 5.85. The molecule has 0 aromatic rings. The van der Waals surface area contributed by atoms with Gasteiger partial charge in [0, 0.05) is 19.1 Å². The van der Waals surface area contributed by atoms with Crippen molar-refractivity contribution in [3.05, 3.63) is 0 Å². The van der Waals surface area contributed by atoms with Crippen molar-refractivity contribution in [2.24, 2.45) is 5.73 Å². The number of carbonyl (C=O) groups excluding carboxylic acids is 1. The summed E-state index contributed by atoms with van der Waals surface area (Å²) in [5.41, 5.74) is 5.83. The number of hydrogen-bond donors (Lipinski definition) is 2. The average molecular weight is 370 g/mol. The molecule has 23 heavy (non-hydrogen) atoms. The molecule has 1 saturated heterocycles. The third-order valence-corrected chi connectivity index (χ3v) is 5.23. The Morgan fingerprint density at radius 3 is 2.17 bits per heavy atom. The van der Waals surface area contributed by atoms with Crippen LogP contribution in [0.1, 0.15) is 51.4 Å². The van der Waals surface area contributed by atoms with Gasteiger partial charge in [0.15, 0.2) is 0 Å². The first kappa shape index (κ1) is 22.9. The van der Waals surface area contributed by atoms with Crippen LogP contribution in [0.4, 0.5) is 0 Å². The number of rotatable bonds is 5. The number of piperidine rings is 1. The number of aliphatic hydroxyl groups excluding tert-OH is 1. The molecule has 7 heteroatoms. The van der Waals surface area contributed by atoms with Gasteiger partial charge in [-0.25, -0.2) is 0 Å². The molecule has 1 amide bonds. The molecule has 3 N–H and O–H groups in total. The Hall–Kier alpha value is -0.0700. The molecule has 2 aliphatic rings. The zero-order valence-corrected chi connectivity index (χ0v) is 15.8. The molecule has 1 saturated carbocycles. The lowest BCUT2D eigenvalue weighted by molar-refractivity contribution is -0.134. The molecular weight excluding hydrogens is 337 g/mol. The minimum atomic E-state index is -0.781. The largest absolute Gasteiger partial charge is 0.394 e. The van der Waals surface area contributed by atoms with Gasteiger partial charge in [-0.05, 0) is 38.8 Å².